The first-order chi connectivity index (χ1) is 14.7. The Kier molecular flexibility index (Phi) is 6.10. The summed E-state index contributed by atoms with van der Waals surface area (Å²) < 4.78 is 0. The average Bonchev–Trinajstić information content (AvgIpc) is 2.79. The molecule has 0 aliphatic heterocycles. The van der Waals surface area contributed by atoms with E-state index >= 15 is 0 Å². The van der Waals surface area contributed by atoms with Crippen molar-refractivity contribution in [1.82, 2.24) is 9.97 Å². The molecule has 0 atom stereocenters. The molecular weight excluding hydrogens is 390 g/mol. The van der Waals surface area contributed by atoms with Crippen LogP contribution in [0.25, 0.3) is 22.3 Å². The molecule has 0 bridgehead atoms. The lowest BCUT2D eigenvalue weighted by atomic mass is 10.1. The van der Waals surface area contributed by atoms with Gasteiger partial charge in [0.1, 0.15) is 5.03 Å². The maximum Gasteiger partial charge on any atom is 0.234 e. The number of rotatable bonds is 6. The molecule has 4 nitrogen and oxygen atoms in total. The third kappa shape index (κ3) is 4.36. The molecule has 4 aromatic rings. The van der Waals surface area contributed by atoms with E-state index in [1.165, 1.54) is 11.8 Å². The van der Waals surface area contributed by atoms with E-state index in [1.807, 2.05) is 73.7 Å². The van der Waals surface area contributed by atoms with Crippen molar-refractivity contribution in [2.45, 2.75) is 25.3 Å². The van der Waals surface area contributed by atoms with Crippen LogP contribution < -0.4 is 5.32 Å². The second kappa shape index (κ2) is 9.09. The fraction of sp³-hybridized carbons (Fsp3) is 0.160. The van der Waals surface area contributed by atoms with Gasteiger partial charge in [-0.3, -0.25) is 4.79 Å². The first kappa shape index (κ1) is 20.1. The molecule has 5 heteroatoms. The van der Waals surface area contributed by atoms with Gasteiger partial charge < -0.3 is 5.32 Å². The quantitative estimate of drug-likeness (QED) is 0.316. The minimum Gasteiger partial charge on any atom is -0.325 e. The van der Waals surface area contributed by atoms with Crippen LogP contribution >= 0.6 is 11.8 Å². The van der Waals surface area contributed by atoms with Crippen LogP contribution in [0.15, 0.2) is 77.8 Å². The molecule has 0 fully saturated rings. The van der Waals surface area contributed by atoms with Gasteiger partial charge in [-0.2, -0.15) is 0 Å². The second-order valence-corrected chi connectivity index (χ2v) is 8.00. The van der Waals surface area contributed by atoms with Crippen molar-refractivity contribution in [3.8, 4) is 11.4 Å². The standard InChI is InChI=1S/C25H23N3OS/c1-3-18-13-9-10-17(2)23(18)27-22(29)16-30-25-20-14-7-8-15-21(20)26-24(28-25)19-11-5-4-6-12-19/h4-15H,3,16H2,1-2H3,(H,27,29). The number of fused-ring (bicyclic) bond motifs is 1. The maximum atomic E-state index is 12.7. The van der Waals surface area contributed by atoms with Crippen molar-refractivity contribution in [2.24, 2.45) is 0 Å². The summed E-state index contributed by atoms with van der Waals surface area (Å²) in [6, 6.07) is 23.9. The number of nitrogens with one attached hydrogen (secondary N) is 1. The molecule has 3 aromatic carbocycles. The first-order valence-electron chi connectivity index (χ1n) is 9.99. The fourth-order valence-electron chi connectivity index (χ4n) is 3.39. The summed E-state index contributed by atoms with van der Waals surface area (Å²) in [5, 5.41) is 4.86. The molecule has 4 rings (SSSR count). The predicted molar refractivity (Wildman–Crippen MR) is 125 cm³/mol. The number of nitrogens with zero attached hydrogens (tertiary/aromatic N) is 2. The number of carbonyl (C=O) groups is 1. The molecule has 0 saturated heterocycles. The fourth-order valence-corrected chi connectivity index (χ4v) is 4.20. The van der Waals surface area contributed by atoms with Crippen molar-refractivity contribution < 1.29 is 4.79 Å². The molecule has 1 N–H and O–H groups in total. The first-order valence-corrected chi connectivity index (χ1v) is 11.0. The molecule has 0 aliphatic carbocycles. The van der Waals surface area contributed by atoms with Crippen LogP contribution in [-0.2, 0) is 11.2 Å². The smallest absolute Gasteiger partial charge is 0.234 e. The lowest BCUT2D eigenvalue weighted by Gasteiger charge is -2.13. The molecule has 150 valence electrons. The second-order valence-electron chi connectivity index (χ2n) is 7.03. The third-order valence-corrected chi connectivity index (χ3v) is 5.94. The van der Waals surface area contributed by atoms with Crippen LogP contribution in [0.3, 0.4) is 0 Å². The number of hydrogen-bond donors (Lipinski definition) is 1. The molecule has 0 aliphatic rings. The SMILES string of the molecule is CCc1cccc(C)c1NC(=O)CSc1nc(-c2ccccc2)nc2ccccc12. The predicted octanol–water partition coefficient (Wildman–Crippen LogP) is 5.90. The zero-order valence-corrected chi connectivity index (χ0v) is 17.9. The van der Waals surface area contributed by atoms with Crippen molar-refractivity contribution in [3.05, 3.63) is 83.9 Å². The number of carbonyl (C=O) groups excluding carboxylic acids is 1. The van der Waals surface area contributed by atoms with Gasteiger partial charge in [-0.05, 0) is 30.5 Å². The summed E-state index contributed by atoms with van der Waals surface area (Å²) in [6.45, 7) is 4.11. The summed E-state index contributed by atoms with van der Waals surface area (Å²) in [4.78, 5) is 22.2. The Bertz CT molecular complexity index is 1190. The monoisotopic (exact) mass is 413 g/mol. The van der Waals surface area contributed by atoms with Gasteiger partial charge in [0.25, 0.3) is 0 Å². The number of para-hydroxylation sites is 2. The van der Waals surface area contributed by atoms with E-state index in [1.54, 1.807) is 0 Å². The van der Waals surface area contributed by atoms with Gasteiger partial charge in [0, 0.05) is 16.6 Å². The number of amides is 1. The van der Waals surface area contributed by atoms with Crippen molar-refractivity contribution in [1.29, 1.82) is 0 Å². The maximum absolute atomic E-state index is 12.7. The van der Waals surface area contributed by atoms with E-state index in [2.05, 4.69) is 18.3 Å². The highest BCUT2D eigenvalue weighted by molar-refractivity contribution is 8.00. The van der Waals surface area contributed by atoms with E-state index in [4.69, 9.17) is 9.97 Å². The molecule has 0 saturated carbocycles. The zero-order chi connectivity index (χ0) is 20.9. The van der Waals surface area contributed by atoms with E-state index in [9.17, 15) is 4.79 Å². The highest BCUT2D eigenvalue weighted by Gasteiger charge is 2.13. The summed E-state index contributed by atoms with van der Waals surface area (Å²) in [7, 11) is 0. The number of anilines is 1. The Balaban J connectivity index is 1.59. The minimum atomic E-state index is -0.0343. The molecule has 0 radical (unpaired) electrons. The van der Waals surface area contributed by atoms with Gasteiger partial charge in [0.2, 0.25) is 5.91 Å². The van der Waals surface area contributed by atoms with Gasteiger partial charge in [-0.25, -0.2) is 9.97 Å². The highest BCUT2D eigenvalue weighted by Crippen LogP contribution is 2.29. The Labute approximate surface area is 180 Å². The Morgan fingerprint density at radius 3 is 2.50 bits per heavy atom. The van der Waals surface area contributed by atoms with Crippen LogP contribution in [0.1, 0.15) is 18.1 Å². The summed E-state index contributed by atoms with van der Waals surface area (Å²) in [5.74, 6) is 0.921. The molecular formula is C25H23N3OS. The van der Waals surface area contributed by atoms with Crippen molar-refractivity contribution in [2.75, 3.05) is 11.1 Å². The van der Waals surface area contributed by atoms with Crippen LogP contribution in [0, 0.1) is 6.92 Å². The third-order valence-electron chi connectivity index (χ3n) is 4.94. The Morgan fingerprint density at radius 1 is 0.933 bits per heavy atom. The number of aryl methyl sites for hydroxylation is 2. The Hall–Kier alpha value is -3.18. The van der Waals surface area contributed by atoms with E-state index in [0.717, 1.165) is 44.7 Å². The topological polar surface area (TPSA) is 54.9 Å². The van der Waals surface area contributed by atoms with Crippen LogP contribution in [0.4, 0.5) is 5.69 Å². The summed E-state index contributed by atoms with van der Waals surface area (Å²) in [6.07, 6.45) is 0.876. The van der Waals surface area contributed by atoms with E-state index in [-0.39, 0.29) is 11.7 Å². The van der Waals surface area contributed by atoms with Crippen LogP contribution in [-0.4, -0.2) is 21.6 Å². The molecule has 0 unspecified atom stereocenters. The van der Waals surface area contributed by atoms with Crippen molar-refractivity contribution in [3.63, 3.8) is 0 Å². The van der Waals surface area contributed by atoms with Gasteiger partial charge >= 0.3 is 0 Å². The number of aromatic nitrogens is 2. The molecule has 1 heterocycles. The lowest BCUT2D eigenvalue weighted by molar-refractivity contribution is -0.113. The summed E-state index contributed by atoms with van der Waals surface area (Å²) >= 11 is 1.44. The largest absolute Gasteiger partial charge is 0.325 e. The molecule has 30 heavy (non-hydrogen) atoms. The average molecular weight is 414 g/mol. The van der Waals surface area contributed by atoms with Crippen molar-refractivity contribution >= 4 is 34.3 Å². The number of hydrogen-bond acceptors (Lipinski definition) is 4. The number of benzene rings is 3. The summed E-state index contributed by atoms with van der Waals surface area (Å²) in [5.41, 5.74) is 4.98. The lowest BCUT2D eigenvalue weighted by Crippen LogP contribution is -2.16. The van der Waals surface area contributed by atoms with Gasteiger partial charge in [-0.15, -0.1) is 0 Å². The van der Waals surface area contributed by atoms with E-state index in [0.29, 0.717) is 5.82 Å². The normalized spacial score (nSPS) is 10.9. The number of thioether (sulfide) groups is 1. The minimum absolute atomic E-state index is 0.0343. The molecule has 1 amide bonds. The van der Waals surface area contributed by atoms with Gasteiger partial charge in [0.05, 0.1) is 11.3 Å². The molecule has 0 spiro atoms. The zero-order valence-electron chi connectivity index (χ0n) is 17.1. The Morgan fingerprint density at radius 2 is 1.70 bits per heavy atom. The van der Waals surface area contributed by atoms with Crippen LogP contribution in [0.5, 0.6) is 0 Å². The van der Waals surface area contributed by atoms with Gasteiger partial charge in [0.15, 0.2) is 5.82 Å². The van der Waals surface area contributed by atoms with Gasteiger partial charge in [-0.1, -0.05) is 85.4 Å². The van der Waals surface area contributed by atoms with Crippen LogP contribution in [0.2, 0.25) is 0 Å². The molecule has 1 aromatic heterocycles. The highest BCUT2D eigenvalue weighted by atomic mass is 32.2. The van der Waals surface area contributed by atoms with E-state index < -0.39 is 0 Å².